The van der Waals surface area contributed by atoms with Crippen LogP contribution in [0.1, 0.15) is 25.8 Å². The minimum atomic E-state index is -4.33. The Morgan fingerprint density at radius 1 is 1.25 bits per heavy atom. The Morgan fingerprint density at radius 3 is 2.30 bits per heavy atom. The summed E-state index contributed by atoms with van der Waals surface area (Å²) in [6, 6.07) is 4.85. The van der Waals surface area contributed by atoms with Crippen molar-refractivity contribution in [3.63, 3.8) is 0 Å². The number of alkyl halides is 3. The summed E-state index contributed by atoms with van der Waals surface area (Å²) >= 11 is 1.14. The number of aromatic nitrogens is 1. The van der Waals surface area contributed by atoms with Crippen molar-refractivity contribution < 1.29 is 18.0 Å². The van der Waals surface area contributed by atoms with Crippen molar-refractivity contribution in [3.05, 3.63) is 51.5 Å². The Balaban J connectivity index is 0.00000200. The number of halogens is 4. The Bertz CT molecular complexity index is 595. The average Bonchev–Trinajstić information content (AvgIpc) is 2.77. The first-order valence-electron chi connectivity index (χ1n) is 5.27. The number of carbonyl (C=O) groups excluding carboxylic acids is 1. The van der Waals surface area contributed by atoms with Crippen LogP contribution >= 0.6 is 23.7 Å². The summed E-state index contributed by atoms with van der Waals surface area (Å²) in [7, 11) is 0. The fraction of sp³-hybridized carbons (Fsp3) is 0.167. The molecule has 0 radical (unpaired) electrons. The minimum Gasteiger partial charge on any atom is -0.365 e. The first kappa shape index (κ1) is 16.5. The van der Waals surface area contributed by atoms with E-state index in [-0.39, 0.29) is 12.4 Å². The molecule has 1 amide bonds. The highest BCUT2D eigenvalue weighted by Crippen LogP contribution is 2.29. The molecule has 2 N–H and O–H groups in total. The van der Waals surface area contributed by atoms with E-state index in [2.05, 4.69) is 4.98 Å². The molecule has 0 fully saturated rings. The number of nitrogens with two attached hydrogens (primary N) is 1. The van der Waals surface area contributed by atoms with Gasteiger partial charge in [-0.1, -0.05) is 12.1 Å². The smallest absolute Gasteiger partial charge is 0.365 e. The summed E-state index contributed by atoms with van der Waals surface area (Å²) in [4.78, 5) is 15.2. The van der Waals surface area contributed by atoms with E-state index in [0.29, 0.717) is 21.9 Å². The Labute approximate surface area is 123 Å². The molecule has 8 heteroatoms. The first-order chi connectivity index (χ1) is 8.86. The monoisotopic (exact) mass is 322 g/mol. The molecular weight excluding hydrogens is 313 g/mol. The van der Waals surface area contributed by atoms with Crippen molar-refractivity contribution in [1.82, 2.24) is 4.98 Å². The number of nitrogens with zero attached hydrogens (tertiary/aromatic N) is 1. The molecule has 0 atom stereocenters. The van der Waals surface area contributed by atoms with Gasteiger partial charge in [0.25, 0.3) is 5.91 Å². The first-order valence-corrected chi connectivity index (χ1v) is 6.08. The van der Waals surface area contributed by atoms with Gasteiger partial charge in [-0.05, 0) is 17.7 Å². The fourth-order valence-corrected chi connectivity index (χ4v) is 2.30. The van der Waals surface area contributed by atoms with Crippen LogP contribution in [0.15, 0.2) is 30.5 Å². The molecule has 2 rings (SSSR count). The van der Waals surface area contributed by atoms with E-state index in [0.717, 1.165) is 23.5 Å². The van der Waals surface area contributed by atoms with Crippen molar-refractivity contribution >= 4 is 29.7 Å². The molecule has 0 bridgehead atoms. The zero-order chi connectivity index (χ0) is 14.0. The van der Waals surface area contributed by atoms with Gasteiger partial charge in [-0.2, -0.15) is 13.2 Å². The highest BCUT2D eigenvalue weighted by atomic mass is 35.5. The summed E-state index contributed by atoms with van der Waals surface area (Å²) in [6.45, 7) is 0. The molecule has 0 aliphatic carbocycles. The lowest BCUT2D eigenvalue weighted by molar-refractivity contribution is -0.137. The molecule has 1 aromatic carbocycles. The predicted octanol–water partition coefficient (Wildman–Crippen LogP) is 3.27. The van der Waals surface area contributed by atoms with Gasteiger partial charge in [0.2, 0.25) is 0 Å². The largest absolute Gasteiger partial charge is 0.416 e. The van der Waals surface area contributed by atoms with E-state index in [9.17, 15) is 18.0 Å². The van der Waals surface area contributed by atoms with Crippen LogP contribution in [0.25, 0.3) is 0 Å². The molecule has 0 spiro atoms. The SMILES string of the molecule is Cl.NC(=O)c1cnc(Cc2ccc(C(F)(F)F)cc2)s1. The Hall–Kier alpha value is -1.60. The van der Waals surface area contributed by atoms with Crippen molar-refractivity contribution in [2.24, 2.45) is 5.73 Å². The second-order valence-corrected chi connectivity index (χ2v) is 4.97. The van der Waals surface area contributed by atoms with Crippen LogP contribution in [-0.4, -0.2) is 10.9 Å². The maximum atomic E-state index is 12.4. The molecule has 108 valence electrons. The van der Waals surface area contributed by atoms with Gasteiger partial charge in [0.05, 0.1) is 16.8 Å². The van der Waals surface area contributed by atoms with Crippen LogP contribution in [0.3, 0.4) is 0 Å². The quantitative estimate of drug-likeness (QED) is 0.943. The summed E-state index contributed by atoms with van der Waals surface area (Å²) < 4.78 is 37.1. The van der Waals surface area contributed by atoms with Crippen LogP contribution in [0, 0.1) is 0 Å². The number of hydrogen-bond donors (Lipinski definition) is 1. The molecule has 0 saturated carbocycles. The predicted molar refractivity (Wildman–Crippen MR) is 72.1 cm³/mol. The summed E-state index contributed by atoms with van der Waals surface area (Å²) in [5.41, 5.74) is 5.10. The van der Waals surface area contributed by atoms with E-state index >= 15 is 0 Å². The lowest BCUT2D eigenvalue weighted by Gasteiger charge is -2.06. The van der Waals surface area contributed by atoms with Gasteiger partial charge in [-0.25, -0.2) is 4.98 Å². The van der Waals surface area contributed by atoms with Crippen molar-refractivity contribution in [2.75, 3.05) is 0 Å². The molecule has 3 nitrogen and oxygen atoms in total. The Morgan fingerprint density at radius 2 is 1.85 bits per heavy atom. The van der Waals surface area contributed by atoms with Gasteiger partial charge < -0.3 is 5.73 Å². The number of rotatable bonds is 3. The second kappa shape index (κ2) is 6.23. The third-order valence-corrected chi connectivity index (χ3v) is 3.44. The zero-order valence-corrected chi connectivity index (χ0v) is 11.6. The van der Waals surface area contributed by atoms with E-state index in [1.165, 1.54) is 18.3 Å². The highest BCUT2D eigenvalue weighted by Gasteiger charge is 2.29. The maximum absolute atomic E-state index is 12.4. The van der Waals surface area contributed by atoms with E-state index in [1.807, 2.05) is 0 Å². The van der Waals surface area contributed by atoms with Crippen molar-refractivity contribution in [3.8, 4) is 0 Å². The molecule has 1 aromatic heterocycles. The van der Waals surface area contributed by atoms with E-state index in [4.69, 9.17) is 5.73 Å². The van der Waals surface area contributed by atoms with Crippen LogP contribution in [0.5, 0.6) is 0 Å². The summed E-state index contributed by atoms with van der Waals surface area (Å²) in [5.74, 6) is -0.559. The van der Waals surface area contributed by atoms with Crippen molar-refractivity contribution in [1.29, 1.82) is 0 Å². The third-order valence-electron chi connectivity index (χ3n) is 2.43. The molecule has 0 saturated heterocycles. The van der Waals surface area contributed by atoms with Gasteiger partial charge in [0.1, 0.15) is 4.88 Å². The van der Waals surface area contributed by atoms with E-state index < -0.39 is 17.6 Å². The number of thiazole rings is 1. The maximum Gasteiger partial charge on any atom is 0.416 e. The number of primary amides is 1. The molecule has 0 unspecified atom stereocenters. The molecular formula is C12H10ClF3N2OS. The van der Waals surface area contributed by atoms with Gasteiger partial charge in [0, 0.05) is 6.42 Å². The van der Waals surface area contributed by atoms with Crippen LogP contribution < -0.4 is 5.73 Å². The molecule has 20 heavy (non-hydrogen) atoms. The fourth-order valence-electron chi connectivity index (χ4n) is 1.49. The van der Waals surface area contributed by atoms with Crippen molar-refractivity contribution in [2.45, 2.75) is 12.6 Å². The topological polar surface area (TPSA) is 56.0 Å². The second-order valence-electron chi connectivity index (χ2n) is 3.85. The summed E-state index contributed by atoms with van der Waals surface area (Å²) in [6.07, 6.45) is -2.60. The molecule has 1 heterocycles. The number of carbonyl (C=O) groups is 1. The zero-order valence-electron chi connectivity index (χ0n) is 9.98. The molecule has 0 aliphatic heterocycles. The van der Waals surface area contributed by atoms with Gasteiger partial charge >= 0.3 is 6.18 Å². The standard InChI is InChI=1S/C12H9F3N2OS.ClH/c13-12(14,15)8-3-1-7(2-4-8)5-10-17-6-9(19-10)11(16)18;/h1-4,6H,5H2,(H2,16,18);1H. The van der Waals surface area contributed by atoms with Gasteiger partial charge in [-0.15, -0.1) is 23.7 Å². The van der Waals surface area contributed by atoms with E-state index in [1.54, 1.807) is 0 Å². The average molecular weight is 323 g/mol. The lowest BCUT2D eigenvalue weighted by Crippen LogP contribution is -2.08. The molecule has 2 aromatic rings. The van der Waals surface area contributed by atoms with Crippen LogP contribution in [0.4, 0.5) is 13.2 Å². The molecule has 0 aliphatic rings. The lowest BCUT2D eigenvalue weighted by atomic mass is 10.1. The number of hydrogen-bond acceptors (Lipinski definition) is 3. The number of benzene rings is 1. The van der Waals surface area contributed by atoms with Crippen LogP contribution in [-0.2, 0) is 12.6 Å². The summed E-state index contributed by atoms with van der Waals surface area (Å²) in [5, 5.41) is 0.633. The highest BCUT2D eigenvalue weighted by molar-refractivity contribution is 7.13. The normalized spacial score (nSPS) is 10.9. The van der Waals surface area contributed by atoms with Gasteiger partial charge in [-0.3, -0.25) is 4.79 Å². The minimum absolute atomic E-state index is 0. The Kier molecular flexibility index (Phi) is 5.13. The third kappa shape index (κ3) is 3.94. The van der Waals surface area contributed by atoms with Gasteiger partial charge in [0.15, 0.2) is 0 Å². The van der Waals surface area contributed by atoms with Crippen LogP contribution in [0.2, 0.25) is 0 Å². The number of amides is 1.